The number of esters is 1. The van der Waals surface area contributed by atoms with E-state index in [0.717, 1.165) is 0 Å². The van der Waals surface area contributed by atoms with Crippen LogP contribution in [0.15, 0.2) is 34.3 Å². The Labute approximate surface area is 132 Å². The third-order valence-corrected chi connectivity index (χ3v) is 4.21. The van der Waals surface area contributed by atoms with E-state index in [1.165, 1.54) is 24.3 Å². The van der Waals surface area contributed by atoms with Crippen LogP contribution in [-0.4, -0.2) is 38.5 Å². The van der Waals surface area contributed by atoms with Crippen LogP contribution in [0.25, 0.3) is 0 Å². The lowest BCUT2D eigenvalue weighted by molar-refractivity contribution is -0.135. The van der Waals surface area contributed by atoms with E-state index in [9.17, 15) is 18.0 Å². The van der Waals surface area contributed by atoms with Crippen LogP contribution >= 0.6 is 11.6 Å². The molecule has 0 radical (unpaired) electrons. The summed E-state index contributed by atoms with van der Waals surface area (Å²) in [4.78, 5) is 22.3. The molecule has 0 spiro atoms. The van der Waals surface area contributed by atoms with Crippen LogP contribution in [0.3, 0.4) is 0 Å². The summed E-state index contributed by atoms with van der Waals surface area (Å²) in [5.74, 6) is -1.72. The van der Waals surface area contributed by atoms with Crippen LogP contribution in [0, 0.1) is 0 Å². The Balaban J connectivity index is 3.06. The first-order valence-electron chi connectivity index (χ1n) is 6.03. The van der Waals surface area contributed by atoms with E-state index in [0.29, 0.717) is 5.02 Å². The molecule has 0 bridgehead atoms. The Kier molecular flexibility index (Phi) is 6.32. The van der Waals surface area contributed by atoms with Gasteiger partial charge in [0.1, 0.15) is 5.75 Å². The maximum absolute atomic E-state index is 12.2. The van der Waals surface area contributed by atoms with Gasteiger partial charge in [-0.25, -0.2) is 23.4 Å². The monoisotopic (exact) mass is 347 g/mol. The molecule has 0 unspecified atom stereocenters. The van der Waals surface area contributed by atoms with E-state index in [-0.39, 0.29) is 11.5 Å². The van der Waals surface area contributed by atoms with Crippen molar-refractivity contribution in [1.29, 1.82) is 0 Å². The van der Waals surface area contributed by atoms with Crippen LogP contribution in [-0.2, 0) is 19.4 Å². The van der Waals surface area contributed by atoms with Gasteiger partial charge in [0.15, 0.2) is 15.5 Å². The van der Waals surface area contributed by atoms with Crippen molar-refractivity contribution in [3.8, 4) is 0 Å². The predicted molar refractivity (Wildman–Crippen MR) is 80.3 cm³/mol. The number of hydrogen-bond acceptors (Lipinski definition) is 6. The molecule has 10 heteroatoms. The van der Waals surface area contributed by atoms with Crippen LogP contribution in [0.5, 0.6) is 0 Å². The maximum atomic E-state index is 12.2. The summed E-state index contributed by atoms with van der Waals surface area (Å²) in [6.45, 7) is 1.57. The topological polar surface area (TPSA) is 128 Å². The molecule has 3 N–H and O–H groups in total. The minimum atomic E-state index is -3.87. The minimum absolute atomic E-state index is 0.0232. The summed E-state index contributed by atoms with van der Waals surface area (Å²) in [5, 5.41) is 3.75. The van der Waals surface area contributed by atoms with E-state index < -0.39 is 33.3 Å². The van der Waals surface area contributed by atoms with E-state index in [4.69, 9.17) is 17.3 Å². The number of nitrogens with one attached hydrogen (secondary N) is 1. The number of ether oxygens (including phenoxy) is 1. The van der Waals surface area contributed by atoms with E-state index in [1.54, 1.807) is 6.92 Å². The Morgan fingerprint density at radius 1 is 1.32 bits per heavy atom. The van der Waals surface area contributed by atoms with Gasteiger partial charge in [-0.2, -0.15) is 5.10 Å². The van der Waals surface area contributed by atoms with Crippen LogP contribution in [0.1, 0.15) is 6.92 Å². The number of benzene rings is 1. The molecule has 0 heterocycles. The van der Waals surface area contributed by atoms with Crippen molar-refractivity contribution in [1.82, 2.24) is 5.43 Å². The summed E-state index contributed by atoms with van der Waals surface area (Å²) in [5.41, 5.74) is 6.15. The van der Waals surface area contributed by atoms with Gasteiger partial charge in [-0.05, 0) is 31.2 Å². The number of rotatable bonds is 6. The van der Waals surface area contributed by atoms with Gasteiger partial charge in [0.25, 0.3) is 0 Å². The number of nitrogens with zero attached hydrogens (tertiary/aromatic N) is 1. The third kappa shape index (κ3) is 5.34. The number of amides is 2. The van der Waals surface area contributed by atoms with Crippen molar-refractivity contribution < 1.29 is 22.7 Å². The first kappa shape index (κ1) is 17.9. The highest BCUT2D eigenvalue weighted by atomic mass is 35.5. The molecule has 0 aliphatic heterocycles. The van der Waals surface area contributed by atoms with Crippen molar-refractivity contribution in [3.63, 3.8) is 0 Å². The second-order valence-electron chi connectivity index (χ2n) is 3.97. The molecule has 0 aliphatic carbocycles. The average Bonchev–Trinajstić information content (AvgIpc) is 2.44. The fourth-order valence-corrected chi connectivity index (χ4v) is 2.76. The van der Waals surface area contributed by atoms with Gasteiger partial charge in [-0.15, -0.1) is 0 Å². The molecule has 0 saturated carbocycles. The molecule has 0 aromatic heterocycles. The summed E-state index contributed by atoms with van der Waals surface area (Å²) in [6.07, 6.45) is 0. The first-order valence-corrected chi connectivity index (χ1v) is 8.06. The van der Waals surface area contributed by atoms with Crippen molar-refractivity contribution >= 4 is 39.2 Å². The van der Waals surface area contributed by atoms with Crippen molar-refractivity contribution in [2.24, 2.45) is 10.8 Å². The Morgan fingerprint density at radius 2 is 1.91 bits per heavy atom. The van der Waals surface area contributed by atoms with Crippen molar-refractivity contribution in [3.05, 3.63) is 29.3 Å². The molecule has 120 valence electrons. The minimum Gasteiger partial charge on any atom is -0.461 e. The Hall–Kier alpha value is -2.13. The lowest BCUT2D eigenvalue weighted by Crippen LogP contribution is -2.32. The maximum Gasteiger partial charge on any atom is 0.355 e. The smallest absolute Gasteiger partial charge is 0.355 e. The summed E-state index contributed by atoms with van der Waals surface area (Å²) in [6, 6.07) is 4.35. The number of hydrogen-bond donors (Lipinski definition) is 2. The zero-order chi connectivity index (χ0) is 16.8. The lowest BCUT2D eigenvalue weighted by Gasteiger charge is -2.07. The highest BCUT2D eigenvalue weighted by Gasteiger charge is 2.24. The fraction of sp³-hybridized carbons (Fsp3) is 0.250. The van der Waals surface area contributed by atoms with Crippen LogP contribution in [0.2, 0.25) is 5.02 Å². The standard InChI is InChI=1S/C12H14ClN3O5S/c1-2-21-11(17)10(15-16-12(14)18)7-22(19,20)9-5-3-8(13)4-6-9/h3-6H,2,7H2,1H3,(H3,14,16,18)/b15-10+. The second kappa shape index (κ2) is 7.76. The van der Waals surface area contributed by atoms with Gasteiger partial charge >= 0.3 is 12.0 Å². The molecule has 0 atom stereocenters. The van der Waals surface area contributed by atoms with Crippen molar-refractivity contribution in [2.75, 3.05) is 12.4 Å². The molecule has 0 aliphatic rings. The second-order valence-corrected chi connectivity index (χ2v) is 6.39. The van der Waals surface area contributed by atoms with Gasteiger partial charge in [0.2, 0.25) is 0 Å². The Bertz CT molecular complexity index is 685. The number of sulfone groups is 1. The molecule has 0 saturated heterocycles. The summed E-state index contributed by atoms with van der Waals surface area (Å²) in [7, 11) is -3.87. The van der Waals surface area contributed by atoms with Crippen LogP contribution in [0.4, 0.5) is 4.79 Å². The fourth-order valence-electron chi connectivity index (χ4n) is 1.38. The number of carbonyl (C=O) groups excluding carboxylic acids is 2. The predicted octanol–water partition coefficient (Wildman–Crippen LogP) is 0.701. The number of primary amides is 1. The largest absolute Gasteiger partial charge is 0.461 e. The SMILES string of the molecule is CCOC(=O)/C(CS(=O)(=O)c1ccc(Cl)cc1)=N/NC(N)=O. The van der Waals surface area contributed by atoms with E-state index in [1.807, 2.05) is 5.43 Å². The van der Waals surface area contributed by atoms with Gasteiger partial charge in [0.05, 0.1) is 11.5 Å². The molecule has 8 nitrogen and oxygen atoms in total. The summed E-state index contributed by atoms with van der Waals surface area (Å²) < 4.78 is 29.2. The molecular formula is C12H14ClN3O5S. The number of halogens is 1. The van der Waals surface area contributed by atoms with E-state index in [2.05, 4.69) is 9.84 Å². The molecular weight excluding hydrogens is 334 g/mol. The Morgan fingerprint density at radius 3 is 2.41 bits per heavy atom. The molecule has 2 amide bonds. The van der Waals surface area contributed by atoms with Crippen LogP contribution < -0.4 is 11.2 Å². The highest BCUT2D eigenvalue weighted by Crippen LogP contribution is 2.15. The average molecular weight is 348 g/mol. The quantitative estimate of drug-likeness (QED) is 0.444. The van der Waals surface area contributed by atoms with Gasteiger partial charge < -0.3 is 10.5 Å². The number of urea groups is 1. The van der Waals surface area contributed by atoms with Crippen molar-refractivity contribution in [2.45, 2.75) is 11.8 Å². The molecule has 22 heavy (non-hydrogen) atoms. The molecule has 0 fully saturated rings. The number of carbonyl (C=O) groups is 2. The van der Waals surface area contributed by atoms with Gasteiger partial charge in [-0.3, -0.25) is 0 Å². The number of nitrogens with two attached hydrogens (primary N) is 1. The molecule has 1 aromatic carbocycles. The first-order chi connectivity index (χ1) is 10.3. The number of hydrazone groups is 1. The summed E-state index contributed by atoms with van der Waals surface area (Å²) >= 11 is 5.69. The molecule has 1 aromatic rings. The zero-order valence-corrected chi connectivity index (χ0v) is 13.1. The lowest BCUT2D eigenvalue weighted by atomic mass is 10.4. The van der Waals surface area contributed by atoms with Gasteiger partial charge in [0, 0.05) is 5.02 Å². The van der Waals surface area contributed by atoms with E-state index >= 15 is 0 Å². The highest BCUT2D eigenvalue weighted by molar-refractivity contribution is 7.92. The third-order valence-electron chi connectivity index (χ3n) is 2.31. The normalized spacial score (nSPS) is 11.8. The zero-order valence-electron chi connectivity index (χ0n) is 11.6. The molecule has 1 rings (SSSR count). The van der Waals surface area contributed by atoms with Gasteiger partial charge in [-0.1, -0.05) is 11.6 Å².